The molecule has 0 spiro atoms. The Balaban J connectivity index is 2.53. The van der Waals surface area contributed by atoms with Crippen LogP contribution in [0.25, 0.3) is 0 Å². The maximum Gasteiger partial charge on any atom is 0.147 e. The maximum atomic E-state index is 13.9. The van der Waals surface area contributed by atoms with Crippen LogP contribution in [0.2, 0.25) is 0 Å². The highest BCUT2D eigenvalue weighted by atomic mass is 79.9. The van der Waals surface area contributed by atoms with Crippen molar-refractivity contribution in [3.63, 3.8) is 0 Å². The molecular formula is C14H14BrFN2. The molecule has 1 heterocycles. The molecule has 0 saturated carbocycles. The molecule has 2 aromatic rings. The average Bonchev–Trinajstić information content (AvgIpc) is 2.37. The number of rotatable bonds is 3. The van der Waals surface area contributed by atoms with E-state index < -0.39 is 0 Å². The number of anilines is 2. The topological polar surface area (TPSA) is 16.1 Å². The van der Waals surface area contributed by atoms with Crippen molar-refractivity contribution in [1.29, 1.82) is 0 Å². The van der Waals surface area contributed by atoms with Gasteiger partial charge in [-0.15, -0.1) is 0 Å². The van der Waals surface area contributed by atoms with Gasteiger partial charge in [-0.3, -0.25) is 0 Å². The van der Waals surface area contributed by atoms with Crippen LogP contribution < -0.4 is 4.90 Å². The largest absolute Gasteiger partial charge is 0.323 e. The highest BCUT2D eigenvalue weighted by Crippen LogP contribution is 2.32. The fourth-order valence-corrected chi connectivity index (χ4v) is 2.27. The molecule has 0 radical (unpaired) electrons. The Labute approximate surface area is 115 Å². The molecule has 0 aliphatic heterocycles. The van der Waals surface area contributed by atoms with Crippen molar-refractivity contribution < 1.29 is 4.39 Å². The van der Waals surface area contributed by atoms with Crippen LogP contribution in [0.1, 0.15) is 12.5 Å². The molecule has 0 aliphatic carbocycles. The van der Waals surface area contributed by atoms with Gasteiger partial charge in [-0.2, -0.15) is 0 Å². The lowest BCUT2D eigenvalue weighted by atomic mass is 10.2. The number of hydrogen-bond donors (Lipinski definition) is 0. The molecule has 94 valence electrons. The van der Waals surface area contributed by atoms with Gasteiger partial charge < -0.3 is 4.90 Å². The number of pyridine rings is 1. The van der Waals surface area contributed by atoms with Gasteiger partial charge in [0, 0.05) is 12.7 Å². The van der Waals surface area contributed by atoms with E-state index in [-0.39, 0.29) is 5.82 Å². The minimum absolute atomic E-state index is 0.241. The lowest BCUT2D eigenvalue weighted by molar-refractivity contribution is 0.625. The van der Waals surface area contributed by atoms with E-state index in [0.29, 0.717) is 12.2 Å². The number of halogens is 2. The molecule has 0 bridgehead atoms. The van der Waals surface area contributed by atoms with Crippen molar-refractivity contribution >= 4 is 27.4 Å². The zero-order valence-corrected chi connectivity index (χ0v) is 11.9. The normalized spacial score (nSPS) is 10.4. The zero-order valence-electron chi connectivity index (χ0n) is 10.3. The monoisotopic (exact) mass is 308 g/mol. The predicted molar refractivity (Wildman–Crippen MR) is 75.8 cm³/mol. The summed E-state index contributed by atoms with van der Waals surface area (Å²) in [6.07, 6.45) is 1.74. The average molecular weight is 309 g/mol. The predicted octanol–water partition coefficient (Wildman–Crippen LogP) is 4.45. The van der Waals surface area contributed by atoms with Crippen molar-refractivity contribution in [2.45, 2.75) is 13.8 Å². The van der Waals surface area contributed by atoms with Crippen LogP contribution in [-0.2, 0) is 0 Å². The highest BCUT2D eigenvalue weighted by Gasteiger charge is 2.16. The van der Waals surface area contributed by atoms with E-state index in [2.05, 4.69) is 20.9 Å². The van der Waals surface area contributed by atoms with Crippen LogP contribution in [-0.4, -0.2) is 11.5 Å². The Kier molecular flexibility index (Phi) is 3.97. The van der Waals surface area contributed by atoms with Crippen LogP contribution in [0.3, 0.4) is 0 Å². The summed E-state index contributed by atoms with van der Waals surface area (Å²) >= 11 is 3.52. The number of aromatic nitrogens is 1. The van der Waals surface area contributed by atoms with Crippen LogP contribution in [0, 0.1) is 12.7 Å². The molecule has 2 rings (SSSR count). The first-order valence-corrected chi connectivity index (χ1v) is 6.57. The van der Waals surface area contributed by atoms with Gasteiger partial charge in [-0.25, -0.2) is 9.37 Å². The molecule has 18 heavy (non-hydrogen) atoms. The lowest BCUT2D eigenvalue weighted by Crippen LogP contribution is -2.19. The van der Waals surface area contributed by atoms with Crippen molar-refractivity contribution in [1.82, 2.24) is 4.98 Å². The van der Waals surface area contributed by atoms with Crippen LogP contribution >= 0.6 is 15.9 Å². The van der Waals surface area contributed by atoms with Crippen molar-refractivity contribution in [3.05, 3.63) is 52.4 Å². The molecule has 0 atom stereocenters. The molecule has 0 amide bonds. The van der Waals surface area contributed by atoms with Crippen molar-refractivity contribution in [2.24, 2.45) is 0 Å². The van der Waals surface area contributed by atoms with E-state index in [1.807, 2.05) is 30.9 Å². The van der Waals surface area contributed by atoms with Gasteiger partial charge in [0.25, 0.3) is 0 Å². The van der Waals surface area contributed by atoms with Gasteiger partial charge in [0.15, 0.2) is 0 Å². The standard InChI is InChI=1S/C14H14BrFN2/c1-3-18(12-7-5-4-6-11(12)16)14-13(15)10(2)8-9-17-14/h4-9H,3H2,1-2H3. The second-order valence-corrected chi connectivity index (χ2v) is 4.75. The van der Waals surface area contributed by atoms with Crippen molar-refractivity contribution in [3.8, 4) is 0 Å². The lowest BCUT2D eigenvalue weighted by Gasteiger charge is -2.24. The van der Waals surface area contributed by atoms with E-state index in [1.165, 1.54) is 6.07 Å². The quantitative estimate of drug-likeness (QED) is 0.833. The smallest absolute Gasteiger partial charge is 0.147 e. The van der Waals surface area contributed by atoms with Gasteiger partial charge >= 0.3 is 0 Å². The van der Waals surface area contributed by atoms with E-state index in [9.17, 15) is 4.39 Å². The van der Waals surface area contributed by atoms with Crippen LogP contribution in [0.4, 0.5) is 15.9 Å². The Morgan fingerprint density at radius 3 is 2.67 bits per heavy atom. The van der Waals surface area contributed by atoms with Gasteiger partial charge in [0.2, 0.25) is 0 Å². The van der Waals surface area contributed by atoms with Crippen LogP contribution in [0.15, 0.2) is 41.0 Å². The molecule has 0 fully saturated rings. The van der Waals surface area contributed by atoms with E-state index in [4.69, 9.17) is 0 Å². The van der Waals surface area contributed by atoms with Gasteiger partial charge in [-0.05, 0) is 53.5 Å². The summed E-state index contributed by atoms with van der Waals surface area (Å²) in [6, 6.07) is 8.65. The molecule has 0 N–H and O–H groups in total. The van der Waals surface area contributed by atoms with E-state index in [1.54, 1.807) is 18.3 Å². The van der Waals surface area contributed by atoms with Gasteiger partial charge in [-0.1, -0.05) is 12.1 Å². The second kappa shape index (κ2) is 5.48. The summed E-state index contributed by atoms with van der Waals surface area (Å²) < 4.78 is 14.8. The first kappa shape index (κ1) is 13.0. The zero-order chi connectivity index (χ0) is 13.1. The second-order valence-electron chi connectivity index (χ2n) is 3.96. The molecule has 1 aromatic heterocycles. The van der Waals surface area contributed by atoms with Gasteiger partial charge in [0.1, 0.15) is 11.6 Å². The van der Waals surface area contributed by atoms with Crippen LogP contribution in [0.5, 0.6) is 0 Å². The number of hydrogen-bond acceptors (Lipinski definition) is 2. The molecular weight excluding hydrogens is 295 g/mol. The minimum Gasteiger partial charge on any atom is -0.323 e. The third-order valence-corrected chi connectivity index (χ3v) is 3.76. The van der Waals surface area contributed by atoms with E-state index >= 15 is 0 Å². The number of benzene rings is 1. The Hall–Kier alpha value is -1.42. The summed E-state index contributed by atoms with van der Waals surface area (Å²) in [5, 5.41) is 0. The Bertz CT molecular complexity index is 557. The molecule has 2 nitrogen and oxygen atoms in total. The number of aryl methyl sites for hydroxylation is 1. The SMILES string of the molecule is CCN(c1ccccc1F)c1nccc(C)c1Br. The first-order valence-electron chi connectivity index (χ1n) is 5.78. The van der Waals surface area contributed by atoms with Crippen molar-refractivity contribution in [2.75, 3.05) is 11.4 Å². The fourth-order valence-electron chi connectivity index (χ4n) is 1.82. The van der Waals surface area contributed by atoms with Gasteiger partial charge in [0.05, 0.1) is 10.2 Å². The third-order valence-electron chi connectivity index (χ3n) is 2.78. The van der Waals surface area contributed by atoms with E-state index in [0.717, 1.165) is 15.9 Å². The Morgan fingerprint density at radius 2 is 2.00 bits per heavy atom. The minimum atomic E-state index is -0.241. The molecule has 0 unspecified atom stereocenters. The number of para-hydroxylation sites is 1. The molecule has 4 heteroatoms. The first-order chi connectivity index (χ1) is 8.65. The number of nitrogens with zero attached hydrogens (tertiary/aromatic N) is 2. The fraction of sp³-hybridized carbons (Fsp3) is 0.214. The highest BCUT2D eigenvalue weighted by molar-refractivity contribution is 9.10. The molecule has 0 saturated heterocycles. The Morgan fingerprint density at radius 1 is 1.28 bits per heavy atom. The third kappa shape index (κ3) is 2.38. The summed E-state index contributed by atoms with van der Waals surface area (Å²) in [5.74, 6) is 0.497. The summed E-state index contributed by atoms with van der Waals surface area (Å²) in [6.45, 7) is 4.61. The maximum absolute atomic E-state index is 13.9. The molecule has 1 aromatic carbocycles. The summed E-state index contributed by atoms with van der Waals surface area (Å²) in [5.41, 5.74) is 1.62. The summed E-state index contributed by atoms with van der Waals surface area (Å²) in [7, 11) is 0. The summed E-state index contributed by atoms with van der Waals surface area (Å²) in [4.78, 5) is 6.19. The molecule has 0 aliphatic rings.